The summed E-state index contributed by atoms with van der Waals surface area (Å²) in [5.74, 6) is 0. The number of aliphatic hydroxyl groups excluding tert-OH is 2. The molecule has 60 valence electrons. The van der Waals surface area contributed by atoms with Crippen LogP contribution < -0.4 is 5.73 Å². The van der Waals surface area contributed by atoms with E-state index in [-0.39, 0.29) is 6.61 Å². The summed E-state index contributed by atoms with van der Waals surface area (Å²) in [7, 11) is 0. The molecule has 0 saturated carbocycles. The molecule has 3 heteroatoms. The summed E-state index contributed by atoms with van der Waals surface area (Å²) in [6, 6.07) is -0.553. The molecule has 0 spiro atoms. The molecule has 0 aromatic heterocycles. The summed E-state index contributed by atoms with van der Waals surface area (Å²) in [6.45, 7) is 1.78. The van der Waals surface area contributed by atoms with Crippen LogP contribution in [-0.4, -0.2) is 29.0 Å². The first kappa shape index (κ1) is 9.62. The van der Waals surface area contributed by atoms with Crippen LogP contribution >= 0.6 is 0 Å². The van der Waals surface area contributed by atoms with E-state index in [0.29, 0.717) is 0 Å². The molecule has 10 heavy (non-hydrogen) atoms. The lowest BCUT2D eigenvalue weighted by Gasteiger charge is -2.11. The monoisotopic (exact) mass is 145 g/mol. The van der Waals surface area contributed by atoms with Crippen molar-refractivity contribution in [2.45, 2.75) is 25.5 Å². The third-order valence-corrected chi connectivity index (χ3v) is 1.22. The number of allylic oxidation sites excluding steroid dienone is 1. The molecule has 0 aliphatic carbocycles. The molecule has 0 aromatic carbocycles. The SMILES string of the molecule is CCC=CC(O)C(N)CO. The van der Waals surface area contributed by atoms with Gasteiger partial charge in [-0.05, 0) is 6.42 Å². The average Bonchev–Trinajstić information content (AvgIpc) is 1.98. The standard InChI is InChI=1S/C7H15NO2/c1-2-3-4-7(10)6(8)5-9/h3-4,6-7,9-10H,2,5,8H2,1H3. The second-order valence-electron chi connectivity index (χ2n) is 2.17. The molecule has 4 N–H and O–H groups in total. The molecule has 0 radical (unpaired) electrons. The zero-order valence-electron chi connectivity index (χ0n) is 6.20. The second kappa shape index (κ2) is 5.41. The predicted octanol–water partition coefficient (Wildman–Crippen LogP) is -0.367. The minimum absolute atomic E-state index is 0.185. The van der Waals surface area contributed by atoms with Crippen LogP contribution in [0.25, 0.3) is 0 Å². The van der Waals surface area contributed by atoms with Crippen LogP contribution in [0.2, 0.25) is 0 Å². The maximum atomic E-state index is 9.08. The summed E-state index contributed by atoms with van der Waals surface area (Å²) in [5.41, 5.74) is 5.31. The van der Waals surface area contributed by atoms with Gasteiger partial charge in [0.1, 0.15) is 0 Å². The van der Waals surface area contributed by atoms with Gasteiger partial charge < -0.3 is 15.9 Å². The Kier molecular flexibility index (Phi) is 5.20. The summed E-state index contributed by atoms with van der Waals surface area (Å²) in [5, 5.41) is 17.6. The normalized spacial score (nSPS) is 17.6. The van der Waals surface area contributed by atoms with Crippen LogP contribution in [0.3, 0.4) is 0 Å². The molecule has 0 rings (SSSR count). The van der Waals surface area contributed by atoms with Gasteiger partial charge in [0.15, 0.2) is 0 Å². The maximum absolute atomic E-state index is 9.08. The van der Waals surface area contributed by atoms with Gasteiger partial charge in [0.25, 0.3) is 0 Å². The van der Waals surface area contributed by atoms with E-state index in [2.05, 4.69) is 0 Å². The molecule has 0 aromatic rings. The van der Waals surface area contributed by atoms with Crippen molar-refractivity contribution in [3.8, 4) is 0 Å². The largest absolute Gasteiger partial charge is 0.395 e. The van der Waals surface area contributed by atoms with Crippen molar-refractivity contribution in [2.24, 2.45) is 5.73 Å². The molecular weight excluding hydrogens is 130 g/mol. The Bertz CT molecular complexity index is 104. The van der Waals surface area contributed by atoms with E-state index in [1.807, 2.05) is 13.0 Å². The third-order valence-electron chi connectivity index (χ3n) is 1.22. The molecule has 0 fully saturated rings. The molecule has 3 nitrogen and oxygen atoms in total. The number of rotatable bonds is 4. The summed E-state index contributed by atoms with van der Waals surface area (Å²) < 4.78 is 0. The lowest BCUT2D eigenvalue weighted by atomic mass is 10.1. The van der Waals surface area contributed by atoms with E-state index < -0.39 is 12.1 Å². The van der Waals surface area contributed by atoms with Crippen molar-refractivity contribution in [2.75, 3.05) is 6.61 Å². The highest BCUT2D eigenvalue weighted by atomic mass is 16.3. The van der Waals surface area contributed by atoms with Crippen molar-refractivity contribution in [1.29, 1.82) is 0 Å². The Labute approximate surface area is 61.2 Å². The molecule has 0 aliphatic heterocycles. The highest BCUT2D eigenvalue weighted by Gasteiger charge is 2.08. The van der Waals surface area contributed by atoms with Crippen molar-refractivity contribution >= 4 is 0 Å². The first-order valence-electron chi connectivity index (χ1n) is 3.43. The molecule has 0 aliphatic rings. The highest BCUT2D eigenvalue weighted by molar-refractivity contribution is 4.92. The molecule has 2 unspecified atom stereocenters. The number of aliphatic hydroxyl groups is 2. The van der Waals surface area contributed by atoms with E-state index >= 15 is 0 Å². The van der Waals surface area contributed by atoms with E-state index in [0.717, 1.165) is 6.42 Å². The van der Waals surface area contributed by atoms with Crippen molar-refractivity contribution in [3.63, 3.8) is 0 Å². The average molecular weight is 145 g/mol. The number of hydrogen-bond donors (Lipinski definition) is 3. The fraction of sp³-hybridized carbons (Fsp3) is 0.714. The summed E-state index contributed by atoms with van der Waals surface area (Å²) in [6.07, 6.45) is 3.57. The summed E-state index contributed by atoms with van der Waals surface area (Å²) >= 11 is 0. The summed E-state index contributed by atoms with van der Waals surface area (Å²) in [4.78, 5) is 0. The molecule has 0 saturated heterocycles. The van der Waals surface area contributed by atoms with E-state index in [1.54, 1.807) is 6.08 Å². The van der Waals surface area contributed by atoms with Gasteiger partial charge in [-0.3, -0.25) is 0 Å². The van der Waals surface area contributed by atoms with E-state index in [9.17, 15) is 0 Å². The van der Waals surface area contributed by atoms with Gasteiger partial charge in [0.05, 0.1) is 18.8 Å². The minimum atomic E-state index is -0.718. The van der Waals surface area contributed by atoms with Gasteiger partial charge in [0, 0.05) is 0 Å². The van der Waals surface area contributed by atoms with Crippen LogP contribution in [0, 0.1) is 0 Å². The van der Waals surface area contributed by atoms with Crippen LogP contribution in [0.4, 0.5) is 0 Å². The Morgan fingerprint density at radius 1 is 1.60 bits per heavy atom. The van der Waals surface area contributed by atoms with Gasteiger partial charge in [-0.1, -0.05) is 19.1 Å². The van der Waals surface area contributed by atoms with Crippen molar-refractivity contribution in [1.82, 2.24) is 0 Å². The van der Waals surface area contributed by atoms with Crippen LogP contribution in [-0.2, 0) is 0 Å². The Morgan fingerprint density at radius 3 is 2.60 bits per heavy atom. The topological polar surface area (TPSA) is 66.5 Å². The van der Waals surface area contributed by atoms with Crippen LogP contribution in [0.1, 0.15) is 13.3 Å². The van der Waals surface area contributed by atoms with Crippen molar-refractivity contribution < 1.29 is 10.2 Å². The minimum Gasteiger partial charge on any atom is -0.395 e. The lowest BCUT2D eigenvalue weighted by molar-refractivity contribution is 0.144. The first-order valence-corrected chi connectivity index (χ1v) is 3.43. The fourth-order valence-electron chi connectivity index (χ4n) is 0.526. The zero-order valence-corrected chi connectivity index (χ0v) is 6.20. The third kappa shape index (κ3) is 3.61. The van der Waals surface area contributed by atoms with Crippen LogP contribution in [0.15, 0.2) is 12.2 Å². The Morgan fingerprint density at radius 2 is 2.20 bits per heavy atom. The second-order valence-corrected chi connectivity index (χ2v) is 2.17. The van der Waals surface area contributed by atoms with Gasteiger partial charge >= 0.3 is 0 Å². The van der Waals surface area contributed by atoms with Crippen LogP contribution in [0.5, 0.6) is 0 Å². The number of nitrogens with two attached hydrogens (primary N) is 1. The lowest BCUT2D eigenvalue weighted by Crippen LogP contribution is -2.36. The van der Waals surface area contributed by atoms with E-state index in [1.165, 1.54) is 0 Å². The molecule has 0 amide bonds. The first-order chi connectivity index (χ1) is 4.72. The quantitative estimate of drug-likeness (QED) is 0.473. The molecule has 2 atom stereocenters. The zero-order chi connectivity index (χ0) is 7.98. The Balaban J connectivity index is 3.60. The van der Waals surface area contributed by atoms with Gasteiger partial charge in [-0.2, -0.15) is 0 Å². The van der Waals surface area contributed by atoms with E-state index in [4.69, 9.17) is 15.9 Å². The van der Waals surface area contributed by atoms with Crippen molar-refractivity contribution in [3.05, 3.63) is 12.2 Å². The van der Waals surface area contributed by atoms with Gasteiger partial charge in [-0.15, -0.1) is 0 Å². The molecular formula is C7H15NO2. The van der Waals surface area contributed by atoms with Gasteiger partial charge in [0.2, 0.25) is 0 Å². The molecule has 0 heterocycles. The highest BCUT2D eigenvalue weighted by Crippen LogP contribution is 1.92. The fourth-order valence-corrected chi connectivity index (χ4v) is 0.526. The van der Waals surface area contributed by atoms with Gasteiger partial charge in [-0.25, -0.2) is 0 Å². The Hall–Kier alpha value is -0.380. The molecule has 0 bridgehead atoms. The smallest absolute Gasteiger partial charge is 0.0894 e. The predicted molar refractivity (Wildman–Crippen MR) is 40.5 cm³/mol. The number of hydrogen-bond acceptors (Lipinski definition) is 3. The maximum Gasteiger partial charge on any atom is 0.0894 e.